The van der Waals surface area contributed by atoms with E-state index < -0.39 is 0 Å². The lowest BCUT2D eigenvalue weighted by Gasteiger charge is -2.27. The van der Waals surface area contributed by atoms with Crippen molar-refractivity contribution in [3.63, 3.8) is 0 Å². The number of hydrogen-bond donors (Lipinski definition) is 0. The first-order valence-corrected chi connectivity index (χ1v) is 7.50. The Hall–Kier alpha value is -1.28. The second-order valence-electron chi connectivity index (χ2n) is 5.80. The first-order valence-electron chi connectivity index (χ1n) is 7.50. The molecule has 2 nitrogen and oxygen atoms in total. The maximum atomic E-state index is 5.82. The minimum absolute atomic E-state index is 0.0546. The van der Waals surface area contributed by atoms with Gasteiger partial charge in [-0.25, -0.2) is 0 Å². The van der Waals surface area contributed by atoms with Gasteiger partial charge in [-0.15, -0.1) is 0 Å². The van der Waals surface area contributed by atoms with Gasteiger partial charge >= 0.3 is 0 Å². The molecule has 0 unspecified atom stereocenters. The van der Waals surface area contributed by atoms with Gasteiger partial charge in [0.05, 0.1) is 5.76 Å². The van der Waals surface area contributed by atoms with Crippen molar-refractivity contribution in [1.29, 1.82) is 0 Å². The topological polar surface area (TPSA) is 18.5 Å². The molecule has 1 aromatic rings. The third-order valence-corrected chi connectivity index (χ3v) is 3.52. The molecular formula is C18H28O2. The van der Waals surface area contributed by atoms with Crippen LogP contribution in [0.5, 0.6) is 0 Å². The van der Waals surface area contributed by atoms with Gasteiger partial charge in [0.25, 0.3) is 0 Å². The fourth-order valence-electron chi connectivity index (χ4n) is 1.76. The van der Waals surface area contributed by atoms with Crippen LogP contribution in [-0.2, 0) is 16.1 Å². The van der Waals surface area contributed by atoms with Crippen LogP contribution in [0.15, 0.2) is 42.7 Å². The van der Waals surface area contributed by atoms with Gasteiger partial charge in [-0.3, -0.25) is 0 Å². The number of allylic oxidation sites excluding steroid dienone is 1. The van der Waals surface area contributed by atoms with Crippen LogP contribution in [0.25, 0.3) is 0 Å². The first-order chi connectivity index (χ1) is 9.56. The number of rotatable bonds is 10. The van der Waals surface area contributed by atoms with E-state index in [-0.39, 0.29) is 5.41 Å². The van der Waals surface area contributed by atoms with Crippen molar-refractivity contribution in [2.75, 3.05) is 13.2 Å². The second-order valence-corrected chi connectivity index (χ2v) is 5.80. The van der Waals surface area contributed by atoms with E-state index in [0.717, 1.165) is 31.8 Å². The highest BCUT2D eigenvalue weighted by Gasteiger charge is 2.23. The monoisotopic (exact) mass is 276 g/mol. The van der Waals surface area contributed by atoms with Crippen molar-refractivity contribution in [2.45, 2.75) is 46.6 Å². The average molecular weight is 276 g/mol. The molecule has 2 heteroatoms. The summed E-state index contributed by atoms with van der Waals surface area (Å²) in [5.74, 6) is 0.834. The Morgan fingerprint density at radius 1 is 1.15 bits per heavy atom. The third kappa shape index (κ3) is 6.25. The maximum Gasteiger partial charge on any atom is 0.113 e. The number of ether oxygens (including phenoxy) is 2. The maximum absolute atomic E-state index is 5.82. The van der Waals surface area contributed by atoms with Crippen LogP contribution in [0.4, 0.5) is 0 Å². The van der Waals surface area contributed by atoms with Crippen LogP contribution >= 0.6 is 0 Å². The molecule has 0 atom stereocenters. The molecule has 0 fully saturated rings. The van der Waals surface area contributed by atoms with E-state index in [1.807, 2.05) is 18.2 Å². The van der Waals surface area contributed by atoms with Crippen LogP contribution in [0.2, 0.25) is 0 Å². The highest BCUT2D eigenvalue weighted by molar-refractivity contribution is 5.14. The van der Waals surface area contributed by atoms with Crippen molar-refractivity contribution in [2.24, 2.45) is 5.41 Å². The highest BCUT2D eigenvalue weighted by atomic mass is 16.5. The third-order valence-electron chi connectivity index (χ3n) is 3.52. The van der Waals surface area contributed by atoms with Crippen molar-refractivity contribution in [3.05, 3.63) is 48.2 Å². The Balaban J connectivity index is 2.29. The first kappa shape index (κ1) is 16.8. The summed E-state index contributed by atoms with van der Waals surface area (Å²) >= 11 is 0. The molecule has 1 rings (SSSR count). The van der Waals surface area contributed by atoms with Crippen molar-refractivity contribution >= 4 is 0 Å². The molecule has 112 valence electrons. The normalized spacial score (nSPS) is 11.3. The predicted octanol–water partition coefficient (Wildman–Crippen LogP) is 4.95. The molecular weight excluding hydrogens is 248 g/mol. The van der Waals surface area contributed by atoms with Gasteiger partial charge in [-0.2, -0.15) is 0 Å². The molecule has 0 saturated carbocycles. The average Bonchev–Trinajstić information content (AvgIpc) is 2.45. The van der Waals surface area contributed by atoms with Crippen LogP contribution in [0, 0.1) is 5.41 Å². The number of unbranched alkanes of at least 4 members (excludes halogenated alkanes) is 1. The molecule has 0 N–H and O–H groups in total. The summed E-state index contributed by atoms with van der Waals surface area (Å²) in [6.45, 7) is 12.8. The molecule has 0 saturated heterocycles. The van der Waals surface area contributed by atoms with Gasteiger partial charge in [0.15, 0.2) is 0 Å². The molecule has 0 spiro atoms. The molecule has 0 heterocycles. The Bertz CT molecular complexity index is 382. The summed E-state index contributed by atoms with van der Waals surface area (Å²) in [4.78, 5) is 0. The SMILES string of the molecule is C=C(OCc1ccccc1)C(C)(C)CCOCCCC. The Morgan fingerprint density at radius 3 is 2.50 bits per heavy atom. The summed E-state index contributed by atoms with van der Waals surface area (Å²) in [5.41, 5.74) is 1.12. The lowest BCUT2D eigenvalue weighted by atomic mass is 9.88. The molecule has 0 amide bonds. The van der Waals surface area contributed by atoms with Gasteiger partial charge in [0.1, 0.15) is 6.61 Å². The highest BCUT2D eigenvalue weighted by Crippen LogP contribution is 2.30. The van der Waals surface area contributed by atoms with Crippen molar-refractivity contribution in [3.8, 4) is 0 Å². The van der Waals surface area contributed by atoms with E-state index in [2.05, 4.69) is 39.5 Å². The fraction of sp³-hybridized carbons (Fsp3) is 0.556. The number of benzene rings is 1. The quantitative estimate of drug-likeness (QED) is 0.444. The van der Waals surface area contributed by atoms with E-state index in [1.165, 1.54) is 12.0 Å². The van der Waals surface area contributed by atoms with E-state index in [9.17, 15) is 0 Å². The predicted molar refractivity (Wildman–Crippen MR) is 84.5 cm³/mol. The van der Waals surface area contributed by atoms with E-state index >= 15 is 0 Å². The number of hydrogen-bond acceptors (Lipinski definition) is 2. The zero-order valence-electron chi connectivity index (χ0n) is 13.2. The van der Waals surface area contributed by atoms with Gasteiger partial charge in [0.2, 0.25) is 0 Å². The molecule has 20 heavy (non-hydrogen) atoms. The summed E-state index contributed by atoms with van der Waals surface area (Å²) in [6.07, 6.45) is 3.24. The zero-order chi connectivity index (χ0) is 14.8. The van der Waals surface area contributed by atoms with E-state index in [0.29, 0.717) is 6.61 Å². The summed E-state index contributed by atoms with van der Waals surface area (Å²) in [6, 6.07) is 10.2. The standard InChI is InChI=1S/C18H28O2/c1-5-6-13-19-14-12-18(3,4)16(2)20-15-17-10-8-7-9-11-17/h7-11H,2,5-6,12-15H2,1,3-4H3. The summed E-state index contributed by atoms with van der Waals surface area (Å²) in [7, 11) is 0. The van der Waals surface area contributed by atoms with Crippen LogP contribution < -0.4 is 0 Å². The van der Waals surface area contributed by atoms with Crippen LogP contribution in [-0.4, -0.2) is 13.2 Å². The molecule has 0 radical (unpaired) electrons. The molecule has 0 aliphatic rings. The molecule has 0 bridgehead atoms. The van der Waals surface area contributed by atoms with Crippen LogP contribution in [0.1, 0.15) is 45.6 Å². The Labute approximate surface area is 123 Å². The minimum atomic E-state index is -0.0546. The smallest absolute Gasteiger partial charge is 0.113 e. The largest absolute Gasteiger partial charge is 0.493 e. The molecule has 1 aromatic carbocycles. The lowest BCUT2D eigenvalue weighted by molar-refractivity contribution is 0.0782. The van der Waals surface area contributed by atoms with Gasteiger partial charge in [-0.1, -0.05) is 64.1 Å². The van der Waals surface area contributed by atoms with Crippen molar-refractivity contribution < 1.29 is 9.47 Å². The van der Waals surface area contributed by atoms with Crippen molar-refractivity contribution in [1.82, 2.24) is 0 Å². The van der Waals surface area contributed by atoms with Gasteiger partial charge in [0, 0.05) is 18.6 Å². The van der Waals surface area contributed by atoms with E-state index in [4.69, 9.17) is 9.47 Å². The lowest BCUT2D eigenvalue weighted by Crippen LogP contribution is -2.19. The zero-order valence-corrected chi connectivity index (χ0v) is 13.2. The second kappa shape index (κ2) is 8.80. The fourth-order valence-corrected chi connectivity index (χ4v) is 1.76. The Morgan fingerprint density at radius 2 is 1.85 bits per heavy atom. The summed E-state index contributed by atoms with van der Waals surface area (Å²) in [5, 5.41) is 0. The molecule has 0 aliphatic carbocycles. The minimum Gasteiger partial charge on any atom is -0.493 e. The van der Waals surface area contributed by atoms with E-state index in [1.54, 1.807) is 0 Å². The van der Waals surface area contributed by atoms with Gasteiger partial charge < -0.3 is 9.47 Å². The summed E-state index contributed by atoms with van der Waals surface area (Å²) < 4.78 is 11.4. The van der Waals surface area contributed by atoms with Crippen LogP contribution in [0.3, 0.4) is 0 Å². The van der Waals surface area contributed by atoms with Gasteiger partial charge in [-0.05, 0) is 18.4 Å². The molecule has 0 aliphatic heterocycles. The Kier molecular flexibility index (Phi) is 7.38. The molecule has 0 aromatic heterocycles.